The van der Waals surface area contributed by atoms with Crippen molar-refractivity contribution in [3.63, 3.8) is 0 Å². The average Bonchev–Trinajstić information content (AvgIpc) is 3.45. The predicted octanol–water partition coefficient (Wildman–Crippen LogP) is 3.58. The van der Waals surface area contributed by atoms with Gasteiger partial charge in [-0.25, -0.2) is 0 Å². The second-order valence-electron chi connectivity index (χ2n) is 6.60. The Kier molecular flexibility index (Phi) is 5.15. The Labute approximate surface area is 167 Å². The lowest BCUT2D eigenvalue weighted by Gasteiger charge is -2.07. The van der Waals surface area contributed by atoms with Crippen LogP contribution in [0.2, 0.25) is 0 Å². The number of hydrogen-bond acceptors (Lipinski definition) is 6. The molecular formula is C21H20N6O2. The Hall–Kier alpha value is -3.81. The van der Waals surface area contributed by atoms with Crippen LogP contribution in [0.4, 0.5) is 0 Å². The van der Waals surface area contributed by atoms with Crippen molar-refractivity contribution in [2.24, 2.45) is 0 Å². The molecule has 0 aliphatic carbocycles. The second-order valence-corrected chi connectivity index (χ2v) is 6.60. The number of aromatic amines is 1. The molecule has 3 heterocycles. The Morgan fingerprint density at radius 3 is 2.62 bits per heavy atom. The molecule has 2 N–H and O–H groups in total. The number of aryl methyl sites for hydroxylation is 1. The largest absolute Gasteiger partial charge is 0.339 e. The zero-order valence-corrected chi connectivity index (χ0v) is 16.1. The lowest BCUT2D eigenvalue weighted by Crippen LogP contribution is -2.27. The minimum Gasteiger partial charge on any atom is -0.339 e. The van der Waals surface area contributed by atoms with Crippen LogP contribution >= 0.6 is 0 Å². The number of amides is 1. The van der Waals surface area contributed by atoms with Crippen molar-refractivity contribution in [3.05, 3.63) is 72.0 Å². The van der Waals surface area contributed by atoms with Gasteiger partial charge >= 0.3 is 0 Å². The fourth-order valence-corrected chi connectivity index (χ4v) is 2.86. The van der Waals surface area contributed by atoms with E-state index >= 15 is 0 Å². The van der Waals surface area contributed by atoms with E-state index in [-0.39, 0.29) is 5.91 Å². The Morgan fingerprint density at radius 1 is 1.14 bits per heavy atom. The topological polar surface area (TPSA) is 110 Å². The van der Waals surface area contributed by atoms with E-state index in [4.69, 9.17) is 4.52 Å². The monoisotopic (exact) mass is 388 g/mol. The number of pyridine rings is 1. The number of nitrogens with one attached hydrogen (secondary N) is 2. The molecule has 146 valence electrons. The van der Waals surface area contributed by atoms with Crippen molar-refractivity contribution < 1.29 is 9.32 Å². The molecule has 1 aromatic carbocycles. The van der Waals surface area contributed by atoms with Gasteiger partial charge in [-0.1, -0.05) is 36.3 Å². The summed E-state index contributed by atoms with van der Waals surface area (Å²) in [5, 5.41) is 13.8. The molecule has 0 aliphatic rings. The first-order valence-corrected chi connectivity index (χ1v) is 9.33. The minimum atomic E-state index is -0.457. The number of carbonyl (C=O) groups excluding carboxylic acids is 1. The number of H-pyrrole nitrogens is 1. The molecule has 0 fully saturated rings. The van der Waals surface area contributed by atoms with E-state index in [0.29, 0.717) is 23.1 Å². The van der Waals surface area contributed by atoms with Crippen molar-refractivity contribution in [2.75, 3.05) is 0 Å². The number of nitrogens with zero attached hydrogens (tertiary/aromatic N) is 4. The molecule has 8 nitrogen and oxygen atoms in total. The van der Waals surface area contributed by atoms with Gasteiger partial charge in [-0.2, -0.15) is 10.1 Å². The van der Waals surface area contributed by atoms with Gasteiger partial charge in [0, 0.05) is 23.5 Å². The minimum absolute atomic E-state index is 0.301. The third-order valence-electron chi connectivity index (χ3n) is 4.58. The highest BCUT2D eigenvalue weighted by atomic mass is 16.5. The fourth-order valence-electron chi connectivity index (χ4n) is 2.86. The average molecular weight is 388 g/mol. The van der Waals surface area contributed by atoms with Crippen molar-refractivity contribution in [2.45, 2.75) is 26.3 Å². The summed E-state index contributed by atoms with van der Waals surface area (Å²) in [7, 11) is 0. The van der Waals surface area contributed by atoms with E-state index in [9.17, 15) is 4.79 Å². The summed E-state index contributed by atoms with van der Waals surface area (Å²) in [6.45, 7) is 3.89. The molecule has 0 bridgehead atoms. The molecule has 1 atom stereocenters. The highest BCUT2D eigenvalue weighted by Crippen LogP contribution is 2.20. The number of carbonyl (C=O) groups is 1. The first kappa shape index (κ1) is 18.5. The van der Waals surface area contributed by atoms with Crippen LogP contribution in [0.25, 0.3) is 22.6 Å². The molecule has 0 saturated carbocycles. The zero-order chi connectivity index (χ0) is 20.2. The standard InChI is InChI=1S/C21H20N6O2/c1-3-14-4-6-15(7-5-14)17-12-18(26-25-17)20(28)23-13(2)21-24-19(27-29-21)16-8-10-22-11-9-16/h4-13H,3H2,1-2H3,(H,23,28)(H,25,26). The smallest absolute Gasteiger partial charge is 0.269 e. The van der Waals surface area contributed by atoms with Gasteiger partial charge < -0.3 is 9.84 Å². The molecule has 4 aromatic rings. The Balaban J connectivity index is 1.44. The first-order chi connectivity index (χ1) is 14.1. The van der Waals surface area contributed by atoms with Crippen LogP contribution in [0, 0.1) is 0 Å². The van der Waals surface area contributed by atoms with Crippen LogP contribution < -0.4 is 5.32 Å². The molecule has 29 heavy (non-hydrogen) atoms. The van der Waals surface area contributed by atoms with E-state index in [1.54, 1.807) is 37.5 Å². The summed E-state index contributed by atoms with van der Waals surface area (Å²) in [4.78, 5) is 20.9. The highest BCUT2D eigenvalue weighted by Gasteiger charge is 2.19. The lowest BCUT2D eigenvalue weighted by molar-refractivity contribution is 0.0927. The number of hydrogen-bond donors (Lipinski definition) is 2. The van der Waals surface area contributed by atoms with Gasteiger partial charge in [-0.15, -0.1) is 0 Å². The second kappa shape index (κ2) is 8.05. The Bertz CT molecular complexity index is 1100. The van der Waals surface area contributed by atoms with Crippen LogP contribution in [0.5, 0.6) is 0 Å². The molecule has 0 spiro atoms. The van der Waals surface area contributed by atoms with E-state index in [1.165, 1.54) is 5.56 Å². The van der Waals surface area contributed by atoms with Gasteiger partial charge in [-0.05, 0) is 37.1 Å². The SMILES string of the molecule is CCc1ccc(-c2cc(C(=O)NC(C)c3nc(-c4ccncc4)no3)[nH]n2)cc1. The molecule has 4 rings (SSSR count). The summed E-state index contributed by atoms with van der Waals surface area (Å²) in [5.74, 6) is 0.466. The van der Waals surface area contributed by atoms with Gasteiger partial charge in [0.25, 0.3) is 5.91 Å². The third-order valence-corrected chi connectivity index (χ3v) is 4.58. The maximum Gasteiger partial charge on any atom is 0.269 e. The van der Waals surface area contributed by atoms with Gasteiger partial charge in [0.2, 0.25) is 11.7 Å². The molecule has 8 heteroatoms. The van der Waals surface area contributed by atoms with E-state index in [2.05, 4.69) is 49.7 Å². The quantitative estimate of drug-likeness (QED) is 0.522. The summed E-state index contributed by atoms with van der Waals surface area (Å²) in [5.41, 5.74) is 4.07. The number of rotatable bonds is 6. The van der Waals surface area contributed by atoms with Crippen molar-refractivity contribution in [1.82, 2.24) is 30.6 Å². The normalized spacial score (nSPS) is 11.9. The van der Waals surface area contributed by atoms with E-state index in [0.717, 1.165) is 17.5 Å². The molecular weight excluding hydrogens is 368 g/mol. The third kappa shape index (κ3) is 4.06. The van der Waals surface area contributed by atoms with Gasteiger partial charge in [-0.3, -0.25) is 14.9 Å². The van der Waals surface area contributed by atoms with Gasteiger partial charge in [0.05, 0.1) is 5.69 Å². The number of aromatic nitrogens is 5. The van der Waals surface area contributed by atoms with Crippen LogP contribution in [-0.4, -0.2) is 31.2 Å². The van der Waals surface area contributed by atoms with E-state index < -0.39 is 6.04 Å². The zero-order valence-electron chi connectivity index (χ0n) is 16.1. The maximum atomic E-state index is 12.6. The maximum absolute atomic E-state index is 12.6. The van der Waals surface area contributed by atoms with E-state index in [1.807, 2.05) is 12.1 Å². The fraction of sp³-hybridized carbons (Fsp3) is 0.190. The van der Waals surface area contributed by atoms with Crippen molar-refractivity contribution in [3.8, 4) is 22.6 Å². The summed E-state index contributed by atoms with van der Waals surface area (Å²) < 4.78 is 5.29. The number of benzene rings is 1. The molecule has 3 aromatic heterocycles. The van der Waals surface area contributed by atoms with Crippen LogP contribution in [0.3, 0.4) is 0 Å². The first-order valence-electron chi connectivity index (χ1n) is 9.33. The summed E-state index contributed by atoms with van der Waals surface area (Å²) in [6, 6.07) is 13.0. The predicted molar refractivity (Wildman–Crippen MR) is 107 cm³/mol. The molecule has 0 aliphatic heterocycles. The van der Waals surface area contributed by atoms with Crippen LogP contribution in [-0.2, 0) is 6.42 Å². The van der Waals surface area contributed by atoms with Crippen molar-refractivity contribution >= 4 is 5.91 Å². The summed E-state index contributed by atoms with van der Waals surface area (Å²) >= 11 is 0. The van der Waals surface area contributed by atoms with Gasteiger partial charge in [0.15, 0.2) is 0 Å². The summed E-state index contributed by atoms with van der Waals surface area (Å²) in [6.07, 6.45) is 4.29. The lowest BCUT2D eigenvalue weighted by atomic mass is 10.1. The van der Waals surface area contributed by atoms with Gasteiger partial charge in [0.1, 0.15) is 11.7 Å². The molecule has 0 radical (unpaired) electrons. The molecule has 1 amide bonds. The molecule has 0 saturated heterocycles. The highest BCUT2D eigenvalue weighted by molar-refractivity contribution is 5.93. The van der Waals surface area contributed by atoms with Crippen LogP contribution in [0.1, 0.15) is 41.8 Å². The van der Waals surface area contributed by atoms with Crippen LogP contribution in [0.15, 0.2) is 59.4 Å². The van der Waals surface area contributed by atoms with Crippen molar-refractivity contribution in [1.29, 1.82) is 0 Å². The Morgan fingerprint density at radius 2 is 1.90 bits per heavy atom. The molecule has 1 unspecified atom stereocenters.